The van der Waals surface area contributed by atoms with E-state index < -0.39 is 0 Å². The molecule has 2 aromatic carbocycles. The molecule has 0 radical (unpaired) electrons. The molecule has 0 bridgehead atoms. The maximum Gasteiger partial charge on any atom is 0.248 e. The van der Waals surface area contributed by atoms with Crippen molar-refractivity contribution in [2.75, 3.05) is 19.0 Å². The van der Waals surface area contributed by atoms with E-state index in [1.165, 1.54) is 6.08 Å². The van der Waals surface area contributed by atoms with E-state index in [-0.39, 0.29) is 11.2 Å². The molecule has 0 fully saturated rings. The number of nitrogens with zero attached hydrogens (tertiary/aromatic N) is 1. The van der Waals surface area contributed by atoms with Crippen molar-refractivity contribution >= 4 is 29.4 Å². The van der Waals surface area contributed by atoms with Crippen LogP contribution >= 0.6 is 11.8 Å². The number of carbonyl (C=O) groups is 1. The van der Waals surface area contributed by atoms with Crippen LogP contribution in [0, 0.1) is 11.3 Å². The molecule has 0 saturated heterocycles. The maximum absolute atomic E-state index is 12.4. The summed E-state index contributed by atoms with van der Waals surface area (Å²) in [6.07, 6.45) is 4.59. The van der Waals surface area contributed by atoms with Crippen molar-refractivity contribution in [3.05, 3.63) is 54.1 Å². The van der Waals surface area contributed by atoms with Crippen molar-refractivity contribution in [1.29, 1.82) is 5.26 Å². The summed E-state index contributed by atoms with van der Waals surface area (Å²) in [6, 6.07) is 15.3. The van der Waals surface area contributed by atoms with Crippen LogP contribution in [0.3, 0.4) is 0 Å². The van der Waals surface area contributed by atoms with Gasteiger partial charge in [-0.05, 0) is 42.3 Å². The summed E-state index contributed by atoms with van der Waals surface area (Å²) >= 11 is 1.57. The third kappa shape index (κ3) is 7.20. The number of methoxy groups -OCH3 is 1. The molecule has 0 aliphatic heterocycles. The molecule has 0 spiro atoms. The largest absolute Gasteiger partial charge is 0.493 e. The summed E-state index contributed by atoms with van der Waals surface area (Å²) in [5.74, 6) is 1.10. The number of amides is 1. The Balaban J connectivity index is 2.06. The summed E-state index contributed by atoms with van der Waals surface area (Å²) in [4.78, 5) is 13.3. The third-order valence-corrected chi connectivity index (χ3v) is 5.11. The summed E-state index contributed by atoms with van der Waals surface area (Å²) in [7, 11) is 1.59. The molecule has 5 nitrogen and oxygen atoms in total. The smallest absolute Gasteiger partial charge is 0.248 e. The first kappa shape index (κ1) is 22.4. The normalized spacial score (nSPS) is 11.7. The second-order valence-electron chi connectivity index (χ2n) is 6.37. The average Bonchev–Trinajstić information content (AvgIpc) is 2.72. The van der Waals surface area contributed by atoms with Gasteiger partial charge in [-0.2, -0.15) is 5.26 Å². The van der Waals surface area contributed by atoms with Crippen LogP contribution < -0.4 is 14.8 Å². The first-order valence-corrected chi connectivity index (χ1v) is 10.4. The van der Waals surface area contributed by atoms with Crippen LogP contribution in [0.25, 0.3) is 6.08 Å². The van der Waals surface area contributed by atoms with Gasteiger partial charge < -0.3 is 14.8 Å². The number of anilines is 1. The number of nitrogens with one attached hydrogen (secondary N) is 1. The number of para-hydroxylation sites is 1. The van der Waals surface area contributed by atoms with Crippen molar-refractivity contribution in [2.24, 2.45) is 0 Å². The molecule has 1 unspecified atom stereocenters. The molecule has 0 aromatic heterocycles. The molecule has 0 aliphatic carbocycles. The predicted molar refractivity (Wildman–Crippen MR) is 118 cm³/mol. The van der Waals surface area contributed by atoms with Gasteiger partial charge in [0.25, 0.3) is 0 Å². The quantitative estimate of drug-likeness (QED) is 0.412. The summed E-state index contributed by atoms with van der Waals surface area (Å²) in [5.41, 5.74) is 1.57. The Labute approximate surface area is 176 Å². The minimum absolute atomic E-state index is 0.148. The molecule has 29 heavy (non-hydrogen) atoms. The van der Waals surface area contributed by atoms with Crippen LogP contribution in [0.2, 0.25) is 0 Å². The van der Waals surface area contributed by atoms with Crippen LogP contribution in [0.5, 0.6) is 11.5 Å². The highest BCUT2D eigenvalue weighted by molar-refractivity contribution is 8.00. The number of thioether (sulfide) groups is 1. The standard InChI is InChI=1S/C23H26N2O3S/c1-4-15-28-20-11-9-18(16-21(20)27-3)10-12-23(26)25-19-7-5-6-8-22(19)29-17(2)13-14-24/h5-12,16-17H,4,13,15H2,1-3H3,(H,25,26)/b12-10+. The van der Waals surface area contributed by atoms with Crippen molar-refractivity contribution < 1.29 is 14.3 Å². The molecule has 1 atom stereocenters. The number of ether oxygens (including phenoxy) is 2. The molecule has 1 N–H and O–H groups in total. The van der Waals surface area contributed by atoms with Crippen LogP contribution in [-0.4, -0.2) is 24.9 Å². The lowest BCUT2D eigenvalue weighted by molar-refractivity contribution is -0.111. The Morgan fingerprint density at radius 1 is 1.28 bits per heavy atom. The van der Waals surface area contributed by atoms with Gasteiger partial charge in [0.15, 0.2) is 11.5 Å². The lowest BCUT2D eigenvalue weighted by atomic mass is 10.2. The first-order chi connectivity index (χ1) is 14.1. The lowest BCUT2D eigenvalue weighted by Gasteiger charge is -2.12. The Hall–Kier alpha value is -2.91. The number of hydrogen-bond donors (Lipinski definition) is 1. The van der Waals surface area contributed by atoms with Gasteiger partial charge >= 0.3 is 0 Å². The fraction of sp³-hybridized carbons (Fsp3) is 0.304. The van der Waals surface area contributed by atoms with Crippen molar-refractivity contribution in [2.45, 2.75) is 36.8 Å². The molecule has 2 rings (SSSR count). The van der Waals surface area contributed by atoms with Crippen molar-refractivity contribution in [1.82, 2.24) is 0 Å². The second kappa shape index (κ2) is 11.8. The minimum atomic E-state index is -0.226. The van der Waals surface area contributed by atoms with E-state index in [4.69, 9.17) is 14.7 Å². The fourth-order valence-corrected chi connectivity index (χ4v) is 3.52. The van der Waals surface area contributed by atoms with E-state index in [9.17, 15) is 4.79 Å². The molecule has 1 amide bonds. The highest BCUT2D eigenvalue weighted by atomic mass is 32.2. The molecule has 2 aromatic rings. The predicted octanol–water partition coefficient (Wildman–Crippen LogP) is 5.53. The number of hydrogen-bond acceptors (Lipinski definition) is 5. The third-order valence-electron chi connectivity index (χ3n) is 3.93. The minimum Gasteiger partial charge on any atom is -0.493 e. The monoisotopic (exact) mass is 410 g/mol. The second-order valence-corrected chi connectivity index (χ2v) is 7.85. The van der Waals surface area contributed by atoms with E-state index in [0.29, 0.717) is 24.5 Å². The molecular formula is C23H26N2O3S. The number of rotatable bonds is 10. The zero-order valence-corrected chi connectivity index (χ0v) is 17.8. The van der Waals surface area contributed by atoms with Crippen molar-refractivity contribution in [3.8, 4) is 17.6 Å². The molecule has 152 valence electrons. The molecule has 0 aliphatic rings. The molecule has 6 heteroatoms. The highest BCUT2D eigenvalue weighted by Crippen LogP contribution is 2.32. The van der Waals surface area contributed by atoms with E-state index >= 15 is 0 Å². The molecule has 0 heterocycles. The van der Waals surface area contributed by atoms with E-state index in [1.807, 2.05) is 56.3 Å². The highest BCUT2D eigenvalue weighted by Gasteiger charge is 2.10. The molecule has 0 saturated carbocycles. The number of benzene rings is 2. The van der Waals surface area contributed by atoms with Gasteiger partial charge in [-0.1, -0.05) is 32.0 Å². The van der Waals surface area contributed by atoms with Crippen LogP contribution in [0.15, 0.2) is 53.4 Å². The van der Waals surface area contributed by atoms with Gasteiger partial charge in [-0.15, -0.1) is 11.8 Å². The van der Waals surface area contributed by atoms with Gasteiger partial charge in [0.2, 0.25) is 5.91 Å². The zero-order valence-electron chi connectivity index (χ0n) is 17.0. The van der Waals surface area contributed by atoms with Gasteiger partial charge in [0, 0.05) is 22.6 Å². The Morgan fingerprint density at radius 2 is 2.07 bits per heavy atom. The summed E-state index contributed by atoms with van der Waals surface area (Å²) in [6.45, 7) is 4.66. The Kier molecular flexibility index (Phi) is 9.13. The number of nitriles is 1. The van der Waals surface area contributed by atoms with Crippen LogP contribution in [0.1, 0.15) is 32.3 Å². The van der Waals surface area contributed by atoms with Gasteiger partial charge in [0.05, 0.1) is 25.5 Å². The lowest BCUT2D eigenvalue weighted by Crippen LogP contribution is -2.09. The van der Waals surface area contributed by atoms with Crippen LogP contribution in [0.4, 0.5) is 5.69 Å². The van der Waals surface area contributed by atoms with Gasteiger partial charge in [-0.3, -0.25) is 4.79 Å². The Bertz CT molecular complexity index is 890. The van der Waals surface area contributed by atoms with Crippen LogP contribution in [-0.2, 0) is 4.79 Å². The van der Waals surface area contributed by atoms with Crippen molar-refractivity contribution in [3.63, 3.8) is 0 Å². The topological polar surface area (TPSA) is 71.3 Å². The fourth-order valence-electron chi connectivity index (χ4n) is 2.53. The van der Waals surface area contributed by atoms with E-state index in [1.54, 1.807) is 24.9 Å². The molecular weight excluding hydrogens is 384 g/mol. The summed E-state index contributed by atoms with van der Waals surface area (Å²) < 4.78 is 11.0. The zero-order chi connectivity index (χ0) is 21.1. The average molecular weight is 411 g/mol. The number of carbonyl (C=O) groups excluding carboxylic acids is 1. The summed E-state index contributed by atoms with van der Waals surface area (Å²) in [5, 5.41) is 11.9. The Morgan fingerprint density at radius 3 is 2.79 bits per heavy atom. The SMILES string of the molecule is CCCOc1ccc(/C=C/C(=O)Nc2ccccc2SC(C)CC#N)cc1OC. The van der Waals surface area contributed by atoms with E-state index in [0.717, 1.165) is 22.6 Å². The first-order valence-electron chi connectivity index (χ1n) is 9.50. The van der Waals surface area contributed by atoms with E-state index in [2.05, 4.69) is 11.4 Å². The maximum atomic E-state index is 12.4. The van der Waals surface area contributed by atoms with Gasteiger partial charge in [0.1, 0.15) is 0 Å². The van der Waals surface area contributed by atoms with Gasteiger partial charge in [-0.25, -0.2) is 0 Å².